The van der Waals surface area contributed by atoms with Gasteiger partial charge in [-0.2, -0.15) is 0 Å². The maximum absolute atomic E-state index is 9.44. The fourth-order valence-corrected chi connectivity index (χ4v) is 2.65. The highest BCUT2D eigenvalue weighted by Crippen LogP contribution is 2.34. The van der Waals surface area contributed by atoms with Gasteiger partial charge in [0.05, 0.1) is 13.2 Å². The number of ether oxygens (including phenoxy) is 2. The number of para-hydroxylation sites is 1. The van der Waals surface area contributed by atoms with Crippen LogP contribution in [0.1, 0.15) is 30.9 Å². The smallest absolute Gasteiger partial charge is 0.164 e. The fraction of sp³-hybridized carbons (Fsp3) is 0.368. The zero-order valence-electron chi connectivity index (χ0n) is 13.8. The molecule has 0 aliphatic rings. The van der Waals surface area contributed by atoms with Gasteiger partial charge in [-0.3, -0.25) is 0 Å². The third kappa shape index (κ3) is 4.39. The Balaban J connectivity index is 2.29. The number of phenols is 1. The molecule has 2 aromatic rings. The topological polar surface area (TPSA) is 64.7 Å². The summed E-state index contributed by atoms with van der Waals surface area (Å²) in [7, 11) is 0. The molecule has 0 heterocycles. The number of hydrogen-bond acceptors (Lipinski definition) is 4. The summed E-state index contributed by atoms with van der Waals surface area (Å²) in [6.07, 6.45) is 0.761. The molecule has 2 aromatic carbocycles. The minimum Gasteiger partial charge on any atom is -0.508 e. The molecule has 1 atom stereocenters. The molecule has 0 saturated heterocycles. The van der Waals surface area contributed by atoms with Gasteiger partial charge in [-0.15, -0.1) is 0 Å². The number of phenolic OH excluding ortho intramolecular Hbond substituents is 1. The molecule has 1 unspecified atom stereocenters. The van der Waals surface area contributed by atoms with Crippen molar-refractivity contribution in [1.82, 2.24) is 0 Å². The normalized spacial score (nSPS) is 12.0. The van der Waals surface area contributed by atoms with Crippen molar-refractivity contribution in [3.8, 4) is 17.2 Å². The van der Waals surface area contributed by atoms with Crippen molar-refractivity contribution in [2.24, 2.45) is 5.73 Å². The first-order valence-electron chi connectivity index (χ1n) is 8.06. The Hall–Kier alpha value is -2.20. The zero-order chi connectivity index (χ0) is 16.7. The Bertz CT molecular complexity index is 611. The van der Waals surface area contributed by atoms with Crippen LogP contribution in [0, 0.1) is 0 Å². The van der Waals surface area contributed by atoms with E-state index in [2.05, 4.69) is 6.07 Å². The molecule has 0 aliphatic heterocycles. The second-order valence-corrected chi connectivity index (χ2v) is 5.34. The Kier molecular flexibility index (Phi) is 6.29. The van der Waals surface area contributed by atoms with Gasteiger partial charge in [0.1, 0.15) is 5.75 Å². The first-order chi connectivity index (χ1) is 11.2. The van der Waals surface area contributed by atoms with Crippen molar-refractivity contribution < 1.29 is 14.6 Å². The predicted octanol–water partition coefficient (Wildman–Crippen LogP) is 3.47. The molecule has 0 amide bonds. The lowest BCUT2D eigenvalue weighted by Gasteiger charge is -2.19. The second-order valence-electron chi connectivity index (χ2n) is 5.34. The largest absolute Gasteiger partial charge is 0.508 e. The van der Waals surface area contributed by atoms with E-state index in [1.165, 1.54) is 0 Å². The molecule has 4 heteroatoms. The van der Waals surface area contributed by atoms with Crippen LogP contribution >= 0.6 is 0 Å². The highest BCUT2D eigenvalue weighted by Gasteiger charge is 2.16. The van der Waals surface area contributed by atoms with Crippen molar-refractivity contribution >= 4 is 0 Å². The number of aromatic hydroxyl groups is 1. The standard InChI is InChI=1S/C19H25NO3/c1-3-22-18-7-5-6-15(19(18)23-4-2)12-16(13-20)14-8-10-17(21)11-9-14/h5-11,16,21H,3-4,12-13,20H2,1-2H3. The van der Waals surface area contributed by atoms with E-state index in [4.69, 9.17) is 15.2 Å². The Morgan fingerprint density at radius 3 is 2.30 bits per heavy atom. The van der Waals surface area contributed by atoms with Crippen LogP contribution in [0.2, 0.25) is 0 Å². The van der Waals surface area contributed by atoms with Crippen molar-refractivity contribution in [3.05, 3.63) is 53.6 Å². The summed E-state index contributed by atoms with van der Waals surface area (Å²) in [6, 6.07) is 13.2. The van der Waals surface area contributed by atoms with Crippen LogP contribution in [0.5, 0.6) is 17.2 Å². The molecule has 4 nitrogen and oxygen atoms in total. The van der Waals surface area contributed by atoms with E-state index in [1.54, 1.807) is 12.1 Å². The molecular formula is C19H25NO3. The summed E-state index contributed by atoms with van der Waals surface area (Å²) >= 11 is 0. The first kappa shape index (κ1) is 17.2. The van der Waals surface area contributed by atoms with Gasteiger partial charge in [0.25, 0.3) is 0 Å². The van der Waals surface area contributed by atoms with Gasteiger partial charge in [-0.05, 0) is 56.1 Å². The van der Waals surface area contributed by atoms with Crippen molar-refractivity contribution in [2.45, 2.75) is 26.2 Å². The molecule has 0 spiro atoms. The van der Waals surface area contributed by atoms with Crippen LogP contribution in [0.25, 0.3) is 0 Å². The van der Waals surface area contributed by atoms with Gasteiger partial charge in [0.15, 0.2) is 11.5 Å². The lowest BCUT2D eigenvalue weighted by atomic mass is 9.91. The van der Waals surface area contributed by atoms with Gasteiger partial charge < -0.3 is 20.3 Å². The fourth-order valence-electron chi connectivity index (χ4n) is 2.65. The molecule has 0 bridgehead atoms. The number of rotatable bonds is 8. The average molecular weight is 315 g/mol. The molecule has 3 N–H and O–H groups in total. The van der Waals surface area contributed by atoms with E-state index in [0.717, 1.165) is 29.0 Å². The third-order valence-corrected chi connectivity index (χ3v) is 3.76. The molecule has 23 heavy (non-hydrogen) atoms. The van der Waals surface area contributed by atoms with Crippen LogP contribution in [0.4, 0.5) is 0 Å². The highest BCUT2D eigenvalue weighted by molar-refractivity contribution is 5.47. The quantitative estimate of drug-likeness (QED) is 0.783. The molecule has 0 saturated carbocycles. The maximum atomic E-state index is 9.44. The van der Waals surface area contributed by atoms with Crippen LogP contribution in [-0.2, 0) is 6.42 Å². The van der Waals surface area contributed by atoms with Gasteiger partial charge >= 0.3 is 0 Å². The minimum atomic E-state index is 0.159. The monoisotopic (exact) mass is 315 g/mol. The first-order valence-corrected chi connectivity index (χ1v) is 8.06. The van der Waals surface area contributed by atoms with Crippen molar-refractivity contribution in [2.75, 3.05) is 19.8 Å². The third-order valence-electron chi connectivity index (χ3n) is 3.76. The summed E-state index contributed by atoms with van der Waals surface area (Å²) in [6.45, 7) is 5.63. The SMILES string of the molecule is CCOc1cccc(CC(CN)c2ccc(O)cc2)c1OCC. The van der Waals surface area contributed by atoms with E-state index in [0.29, 0.717) is 19.8 Å². The van der Waals surface area contributed by atoms with E-state index in [1.807, 2.05) is 38.1 Å². The highest BCUT2D eigenvalue weighted by atomic mass is 16.5. The van der Waals surface area contributed by atoms with Gasteiger partial charge in [-0.1, -0.05) is 24.3 Å². The zero-order valence-corrected chi connectivity index (χ0v) is 13.8. The van der Waals surface area contributed by atoms with Crippen molar-refractivity contribution in [1.29, 1.82) is 0 Å². The predicted molar refractivity (Wildman–Crippen MR) is 92.4 cm³/mol. The molecule has 124 valence electrons. The lowest BCUT2D eigenvalue weighted by molar-refractivity contribution is 0.285. The lowest BCUT2D eigenvalue weighted by Crippen LogP contribution is -2.15. The van der Waals surface area contributed by atoms with E-state index >= 15 is 0 Å². The minimum absolute atomic E-state index is 0.159. The molecule has 0 radical (unpaired) electrons. The average Bonchev–Trinajstić information content (AvgIpc) is 2.56. The van der Waals surface area contributed by atoms with Crippen LogP contribution in [0.3, 0.4) is 0 Å². The van der Waals surface area contributed by atoms with Gasteiger partial charge in [0.2, 0.25) is 0 Å². The van der Waals surface area contributed by atoms with Crippen molar-refractivity contribution in [3.63, 3.8) is 0 Å². The summed E-state index contributed by atoms with van der Waals surface area (Å²) in [5.41, 5.74) is 8.17. The summed E-state index contributed by atoms with van der Waals surface area (Å²) < 4.78 is 11.5. The molecule has 0 fully saturated rings. The molecule has 0 aromatic heterocycles. The second kappa shape index (κ2) is 8.44. The number of nitrogens with two attached hydrogens (primary N) is 1. The Labute approximate surface area is 137 Å². The van der Waals surface area contributed by atoms with Crippen LogP contribution < -0.4 is 15.2 Å². The molecule has 0 aliphatic carbocycles. The molecule has 2 rings (SSSR count). The van der Waals surface area contributed by atoms with E-state index in [-0.39, 0.29) is 11.7 Å². The summed E-state index contributed by atoms with van der Waals surface area (Å²) in [4.78, 5) is 0. The Morgan fingerprint density at radius 2 is 1.70 bits per heavy atom. The van der Waals surface area contributed by atoms with Crippen LogP contribution in [-0.4, -0.2) is 24.9 Å². The van der Waals surface area contributed by atoms with Gasteiger partial charge in [0, 0.05) is 5.92 Å². The van der Waals surface area contributed by atoms with Crippen LogP contribution in [0.15, 0.2) is 42.5 Å². The molecular weight excluding hydrogens is 290 g/mol. The van der Waals surface area contributed by atoms with E-state index in [9.17, 15) is 5.11 Å². The number of hydrogen-bond donors (Lipinski definition) is 2. The van der Waals surface area contributed by atoms with E-state index < -0.39 is 0 Å². The Morgan fingerprint density at radius 1 is 1.00 bits per heavy atom. The summed E-state index contributed by atoms with van der Waals surface area (Å²) in [5, 5.41) is 9.44. The van der Waals surface area contributed by atoms with Gasteiger partial charge in [-0.25, -0.2) is 0 Å². The maximum Gasteiger partial charge on any atom is 0.164 e. The number of benzene rings is 2. The summed E-state index contributed by atoms with van der Waals surface area (Å²) in [5.74, 6) is 1.99.